The summed E-state index contributed by atoms with van der Waals surface area (Å²) in [6, 6.07) is 0. The third-order valence-corrected chi connectivity index (χ3v) is 5.35. The molecule has 6 nitrogen and oxygen atoms in total. The van der Waals surface area contributed by atoms with E-state index in [0.717, 1.165) is 50.7 Å². The Morgan fingerprint density at radius 1 is 0.929 bits per heavy atom. The first-order valence-corrected chi connectivity index (χ1v) is 11.2. The smallest absolute Gasteiger partial charge is 0.190 e. The van der Waals surface area contributed by atoms with Crippen LogP contribution in [-0.4, -0.2) is 40.9 Å². The molecule has 0 atom stereocenters. The number of hydrogen-bond donors (Lipinski definition) is 2. The number of hydrogen-bond acceptors (Lipinski definition) is 3. The van der Waals surface area contributed by atoms with Gasteiger partial charge in [0, 0.05) is 39.5 Å². The van der Waals surface area contributed by atoms with Crippen molar-refractivity contribution in [2.45, 2.75) is 96.9 Å². The lowest BCUT2D eigenvalue weighted by Gasteiger charge is -2.12. The van der Waals surface area contributed by atoms with Crippen molar-refractivity contribution in [1.29, 1.82) is 0 Å². The van der Waals surface area contributed by atoms with E-state index in [9.17, 15) is 0 Å². The summed E-state index contributed by atoms with van der Waals surface area (Å²) in [5.74, 6) is 3.25. The number of nitrogens with one attached hydrogen (secondary N) is 2. The highest BCUT2D eigenvalue weighted by molar-refractivity contribution is 14.0. The Hall–Kier alpha value is -0.860. The second-order valence-corrected chi connectivity index (χ2v) is 7.65. The Morgan fingerprint density at radius 3 is 2.39 bits per heavy atom. The molecule has 0 saturated carbocycles. The number of guanidine groups is 1. The van der Waals surface area contributed by atoms with E-state index in [1.54, 1.807) is 0 Å². The molecule has 0 aromatic carbocycles. The molecule has 0 spiro atoms. The Labute approximate surface area is 188 Å². The van der Waals surface area contributed by atoms with Gasteiger partial charge in [-0.2, -0.15) is 0 Å². The zero-order valence-corrected chi connectivity index (χ0v) is 20.3. The summed E-state index contributed by atoms with van der Waals surface area (Å²) >= 11 is 0. The largest absolute Gasteiger partial charge is 0.356 e. The lowest BCUT2D eigenvalue weighted by molar-refractivity contribution is 0.581. The van der Waals surface area contributed by atoms with Gasteiger partial charge in [-0.05, 0) is 25.7 Å². The molecule has 0 aliphatic carbocycles. The van der Waals surface area contributed by atoms with Crippen LogP contribution in [0.3, 0.4) is 0 Å². The van der Waals surface area contributed by atoms with Crippen molar-refractivity contribution in [2.24, 2.45) is 4.99 Å². The minimum atomic E-state index is 0. The van der Waals surface area contributed by atoms with Gasteiger partial charge in [-0.25, -0.2) is 0 Å². The van der Waals surface area contributed by atoms with E-state index in [4.69, 9.17) is 0 Å². The van der Waals surface area contributed by atoms with Crippen LogP contribution in [0.4, 0.5) is 0 Å². The van der Waals surface area contributed by atoms with Gasteiger partial charge in [0.1, 0.15) is 11.6 Å². The normalized spacial score (nSPS) is 14.1. The van der Waals surface area contributed by atoms with E-state index >= 15 is 0 Å². The van der Waals surface area contributed by atoms with E-state index in [1.807, 2.05) is 7.05 Å². The van der Waals surface area contributed by atoms with Crippen LogP contribution in [-0.2, 0) is 19.4 Å². The molecule has 2 N–H and O–H groups in total. The molecule has 2 rings (SSSR count). The molecule has 1 aliphatic rings. The summed E-state index contributed by atoms with van der Waals surface area (Å²) in [5, 5.41) is 15.7. The van der Waals surface area contributed by atoms with Crippen LogP contribution in [0, 0.1) is 0 Å². The second kappa shape index (κ2) is 16.0. The lowest BCUT2D eigenvalue weighted by Crippen LogP contribution is -2.38. The topological polar surface area (TPSA) is 67.1 Å². The first kappa shape index (κ1) is 25.2. The third-order valence-electron chi connectivity index (χ3n) is 5.35. The van der Waals surface area contributed by atoms with E-state index in [-0.39, 0.29) is 24.0 Å². The minimum absolute atomic E-state index is 0. The summed E-state index contributed by atoms with van der Waals surface area (Å²) in [4.78, 5) is 4.32. The van der Waals surface area contributed by atoms with Crippen LogP contribution in [0.1, 0.15) is 89.2 Å². The molecule has 0 bridgehead atoms. The van der Waals surface area contributed by atoms with Gasteiger partial charge in [0.2, 0.25) is 0 Å². The van der Waals surface area contributed by atoms with Gasteiger partial charge in [-0.3, -0.25) is 4.99 Å². The van der Waals surface area contributed by atoms with E-state index in [2.05, 4.69) is 37.3 Å². The van der Waals surface area contributed by atoms with Gasteiger partial charge in [-0.15, -0.1) is 34.2 Å². The first-order valence-electron chi connectivity index (χ1n) is 11.2. The second-order valence-electron chi connectivity index (χ2n) is 7.65. The molecule has 0 unspecified atom stereocenters. The van der Waals surface area contributed by atoms with Crippen molar-refractivity contribution in [3.63, 3.8) is 0 Å². The van der Waals surface area contributed by atoms with Gasteiger partial charge in [0.05, 0.1) is 0 Å². The molecular formula is C21H41IN6. The molecule has 1 aromatic heterocycles. The Bertz CT molecular complexity index is 543. The monoisotopic (exact) mass is 504 g/mol. The first-order chi connectivity index (χ1) is 13.3. The fourth-order valence-corrected chi connectivity index (χ4v) is 3.69. The zero-order valence-electron chi connectivity index (χ0n) is 18.0. The fraction of sp³-hybridized carbons (Fsp3) is 0.857. The minimum Gasteiger partial charge on any atom is -0.356 e. The van der Waals surface area contributed by atoms with Crippen LogP contribution in [0.15, 0.2) is 4.99 Å². The number of fused-ring (bicyclic) bond motifs is 1. The maximum Gasteiger partial charge on any atom is 0.190 e. The third kappa shape index (κ3) is 9.56. The van der Waals surface area contributed by atoms with Crippen LogP contribution in [0.25, 0.3) is 0 Å². The number of aromatic nitrogens is 3. The maximum absolute atomic E-state index is 4.41. The van der Waals surface area contributed by atoms with Crippen molar-refractivity contribution in [2.75, 3.05) is 20.1 Å². The van der Waals surface area contributed by atoms with Crippen molar-refractivity contribution in [3.8, 4) is 0 Å². The van der Waals surface area contributed by atoms with Crippen LogP contribution >= 0.6 is 24.0 Å². The highest BCUT2D eigenvalue weighted by atomic mass is 127. The number of unbranched alkanes of at least 4 members (excludes halogenated alkanes) is 6. The van der Waals surface area contributed by atoms with Crippen molar-refractivity contribution in [1.82, 2.24) is 25.4 Å². The number of aliphatic imine (C=N–C) groups is 1. The average molecular weight is 505 g/mol. The van der Waals surface area contributed by atoms with Gasteiger partial charge >= 0.3 is 0 Å². The lowest BCUT2D eigenvalue weighted by atomic mass is 10.1. The molecule has 0 saturated heterocycles. The summed E-state index contributed by atoms with van der Waals surface area (Å²) < 4.78 is 2.35. The molecule has 0 fully saturated rings. The Morgan fingerprint density at radius 2 is 1.64 bits per heavy atom. The molecule has 2 heterocycles. The quantitative estimate of drug-likeness (QED) is 0.191. The standard InChI is InChI=1S/C21H40N6.HI/c1-3-4-5-6-7-8-11-16-23-21(22-2)24-17-13-15-20-26-25-19-14-10-9-12-18-27(19)20;/h3-18H2,1-2H3,(H2,22,23,24);1H. The Balaban J connectivity index is 0.00000392. The molecule has 28 heavy (non-hydrogen) atoms. The summed E-state index contributed by atoms with van der Waals surface area (Å²) in [6.45, 7) is 5.28. The summed E-state index contributed by atoms with van der Waals surface area (Å²) in [7, 11) is 1.85. The number of rotatable bonds is 12. The Kier molecular flexibility index (Phi) is 14.4. The van der Waals surface area contributed by atoms with Crippen LogP contribution in [0.5, 0.6) is 0 Å². The summed E-state index contributed by atoms with van der Waals surface area (Å²) in [5.41, 5.74) is 0. The molecule has 7 heteroatoms. The average Bonchev–Trinajstić information content (AvgIpc) is 2.91. The number of nitrogens with zero attached hydrogens (tertiary/aromatic N) is 4. The van der Waals surface area contributed by atoms with Gasteiger partial charge in [-0.1, -0.05) is 51.9 Å². The van der Waals surface area contributed by atoms with Crippen LogP contribution < -0.4 is 10.6 Å². The molecule has 162 valence electrons. The zero-order chi connectivity index (χ0) is 19.2. The fourth-order valence-electron chi connectivity index (χ4n) is 3.69. The molecule has 1 aromatic rings. The summed E-state index contributed by atoms with van der Waals surface area (Å²) in [6.07, 6.45) is 16.3. The van der Waals surface area contributed by atoms with Crippen molar-refractivity contribution >= 4 is 29.9 Å². The van der Waals surface area contributed by atoms with E-state index in [0.29, 0.717) is 0 Å². The molecule has 1 aliphatic heterocycles. The SMILES string of the molecule is CCCCCCCCCNC(=NC)NCCCc1nnc2n1CCCCC2.I. The molecule has 0 amide bonds. The van der Waals surface area contributed by atoms with E-state index < -0.39 is 0 Å². The highest BCUT2D eigenvalue weighted by Crippen LogP contribution is 2.15. The van der Waals surface area contributed by atoms with Crippen molar-refractivity contribution in [3.05, 3.63) is 11.6 Å². The molecule has 0 radical (unpaired) electrons. The van der Waals surface area contributed by atoms with Gasteiger partial charge in [0.25, 0.3) is 0 Å². The van der Waals surface area contributed by atoms with Crippen molar-refractivity contribution < 1.29 is 0 Å². The maximum atomic E-state index is 4.41. The van der Waals surface area contributed by atoms with Gasteiger partial charge in [0.15, 0.2) is 5.96 Å². The van der Waals surface area contributed by atoms with Gasteiger partial charge < -0.3 is 15.2 Å². The predicted octanol–water partition coefficient (Wildman–Crippen LogP) is 4.47. The van der Waals surface area contributed by atoms with Crippen LogP contribution in [0.2, 0.25) is 0 Å². The highest BCUT2D eigenvalue weighted by Gasteiger charge is 2.14. The molecular weight excluding hydrogens is 463 g/mol. The number of halogens is 1. The predicted molar refractivity (Wildman–Crippen MR) is 129 cm³/mol. The number of aryl methyl sites for hydroxylation is 2. The van der Waals surface area contributed by atoms with E-state index in [1.165, 1.54) is 70.0 Å².